The van der Waals surface area contributed by atoms with Gasteiger partial charge < -0.3 is 0 Å². The smallest absolute Gasteiger partial charge is 0.263 e. The van der Waals surface area contributed by atoms with Crippen molar-refractivity contribution in [2.75, 3.05) is 18.8 Å². The van der Waals surface area contributed by atoms with Crippen molar-refractivity contribution in [2.24, 2.45) is 0 Å². The van der Waals surface area contributed by atoms with Gasteiger partial charge in [0.1, 0.15) is 0 Å². The van der Waals surface area contributed by atoms with Gasteiger partial charge in [-0.2, -0.15) is 5.10 Å². The van der Waals surface area contributed by atoms with Crippen LogP contribution in [0.3, 0.4) is 0 Å². The van der Waals surface area contributed by atoms with Crippen LogP contribution in [0.25, 0.3) is 11.3 Å². The standard InChI is InChI=1S/C18H20N4O4S2/c1-13-17(14-7-5-4-6-8-14)19-20-18(13)21-27(23,24)15-9-11-16(12-10-15)28(25,26)22(2)3/h4-12H,1-3H3,(H2,19,20,21). The van der Waals surface area contributed by atoms with E-state index in [0.29, 0.717) is 11.3 Å². The summed E-state index contributed by atoms with van der Waals surface area (Å²) in [6.07, 6.45) is 0. The van der Waals surface area contributed by atoms with Crippen molar-refractivity contribution in [1.29, 1.82) is 0 Å². The number of H-pyrrole nitrogens is 1. The molecular weight excluding hydrogens is 400 g/mol. The zero-order chi connectivity index (χ0) is 20.5. The number of nitrogens with zero attached hydrogens (tertiary/aromatic N) is 2. The molecule has 0 saturated heterocycles. The Morgan fingerprint density at radius 3 is 2.04 bits per heavy atom. The predicted octanol–water partition coefficient (Wildman–Crippen LogP) is 2.44. The molecule has 148 valence electrons. The van der Waals surface area contributed by atoms with Crippen molar-refractivity contribution in [3.8, 4) is 11.3 Å². The first-order chi connectivity index (χ1) is 13.1. The lowest BCUT2D eigenvalue weighted by atomic mass is 10.1. The SMILES string of the molecule is Cc1c(NS(=O)(=O)c2ccc(S(=O)(=O)N(C)C)cc2)n[nH]c1-c1ccccc1. The molecule has 8 nitrogen and oxygen atoms in total. The molecule has 0 aliphatic carbocycles. The van der Waals surface area contributed by atoms with Gasteiger partial charge in [-0.25, -0.2) is 21.1 Å². The first-order valence-corrected chi connectivity index (χ1v) is 11.2. The number of sulfonamides is 2. The lowest BCUT2D eigenvalue weighted by molar-refractivity contribution is 0.520. The number of hydrogen-bond acceptors (Lipinski definition) is 5. The van der Waals surface area contributed by atoms with E-state index in [0.717, 1.165) is 9.87 Å². The number of aromatic nitrogens is 2. The van der Waals surface area contributed by atoms with Gasteiger partial charge in [0, 0.05) is 19.7 Å². The van der Waals surface area contributed by atoms with Crippen molar-refractivity contribution >= 4 is 25.9 Å². The Labute approximate surface area is 164 Å². The maximum Gasteiger partial charge on any atom is 0.263 e. The quantitative estimate of drug-likeness (QED) is 0.636. The monoisotopic (exact) mass is 420 g/mol. The van der Waals surface area contributed by atoms with Gasteiger partial charge in [0.2, 0.25) is 10.0 Å². The topological polar surface area (TPSA) is 112 Å². The normalized spacial score (nSPS) is 12.3. The third-order valence-corrected chi connectivity index (χ3v) is 7.40. The van der Waals surface area contributed by atoms with Gasteiger partial charge in [0.25, 0.3) is 10.0 Å². The molecule has 0 bridgehead atoms. The molecule has 3 rings (SSSR count). The van der Waals surface area contributed by atoms with Gasteiger partial charge >= 0.3 is 0 Å². The molecule has 3 aromatic rings. The van der Waals surface area contributed by atoms with Crippen molar-refractivity contribution in [3.63, 3.8) is 0 Å². The van der Waals surface area contributed by atoms with Crippen LogP contribution in [0.1, 0.15) is 5.56 Å². The molecule has 1 aromatic heterocycles. The fraction of sp³-hybridized carbons (Fsp3) is 0.167. The summed E-state index contributed by atoms with van der Waals surface area (Å²) >= 11 is 0. The van der Waals surface area contributed by atoms with E-state index in [4.69, 9.17) is 0 Å². The van der Waals surface area contributed by atoms with E-state index in [2.05, 4.69) is 14.9 Å². The number of nitrogens with one attached hydrogen (secondary N) is 2. The summed E-state index contributed by atoms with van der Waals surface area (Å²) in [7, 11) is -4.74. The molecule has 0 spiro atoms. The third-order valence-electron chi connectivity index (χ3n) is 4.22. The minimum Gasteiger partial charge on any atom is -0.275 e. The number of anilines is 1. The fourth-order valence-corrected chi connectivity index (χ4v) is 4.54. The molecule has 1 heterocycles. The number of hydrogen-bond donors (Lipinski definition) is 2. The average molecular weight is 421 g/mol. The molecule has 0 aliphatic rings. The average Bonchev–Trinajstić information content (AvgIpc) is 3.02. The van der Waals surface area contributed by atoms with Crippen LogP contribution in [0.5, 0.6) is 0 Å². The molecule has 0 radical (unpaired) electrons. The highest BCUT2D eigenvalue weighted by Crippen LogP contribution is 2.27. The lowest BCUT2D eigenvalue weighted by Crippen LogP contribution is -2.22. The molecule has 0 amide bonds. The molecule has 0 aliphatic heterocycles. The lowest BCUT2D eigenvalue weighted by Gasteiger charge is -2.12. The Morgan fingerprint density at radius 1 is 0.893 bits per heavy atom. The summed E-state index contributed by atoms with van der Waals surface area (Å²) < 4.78 is 53.1. The second-order valence-corrected chi connectivity index (χ2v) is 10.1. The molecule has 0 atom stereocenters. The second-order valence-electron chi connectivity index (χ2n) is 6.30. The van der Waals surface area contributed by atoms with E-state index in [1.54, 1.807) is 6.92 Å². The molecule has 0 unspecified atom stereocenters. The summed E-state index contributed by atoms with van der Waals surface area (Å²) in [5.74, 6) is 0.184. The summed E-state index contributed by atoms with van der Waals surface area (Å²) in [4.78, 5) is -0.0485. The van der Waals surface area contributed by atoms with Crippen LogP contribution in [0, 0.1) is 6.92 Å². The van der Waals surface area contributed by atoms with Crippen LogP contribution in [-0.4, -0.2) is 45.4 Å². The minimum absolute atomic E-state index is 0.0127. The highest BCUT2D eigenvalue weighted by atomic mass is 32.2. The van der Waals surface area contributed by atoms with Crippen LogP contribution < -0.4 is 4.72 Å². The van der Waals surface area contributed by atoms with E-state index < -0.39 is 20.0 Å². The molecule has 0 fully saturated rings. The molecule has 28 heavy (non-hydrogen) atoms. The molecule has 2 N–H and O–H groups in total. The Bertz CT molecular complexity index is 1180. The van der Waals surface area contributed by atoms with E-state index in [-0.39, 0.29) is 15.6 Å². The highest BCUT2D eigenvalue weighted by molar-refractivity contribution is 7.92. The molecule has 0 saturated carbocycles. The summed E-state index contributed by atoms with van der Waals surface area (Å²) in [6, 6.07) is 14.4. The molecule has 2 aromatic carbocycles. The number of aromatic amines is 1. The van der Waals surface area contributed by atoms with E-state index in [9.17, 15) is 16.8 Å². The zero-order valence-corrected chi connectivity index (χ0v) is 17.2. The molecular formula is C18H20N4O4S2. The minimum atomic E-state index is -3.93. The largest absolute Gasteiger partial charge is 0.275 e. The number of benzene rings is 2. The second kappa shape index (κ2) is 7.38. The Kier molecular flexibility index (Phi) is 5.28. The van der Waals surface area contributed by atoms with Crippen LogP contribution in [0.15, 0.2) is 64.4 Å². The van der Waals surface area contributed by atoms with Gasteiger partial charge in [-0.05, 0) is 36.8 Å². The highest BCUT2D eigenvalue weighted by Gasteiger charge is 2.21. The summed E-state index contributed by atoms with van der Waals surface area (Å²) in [5.41, 5.74) is 2.25. The van der Waals surface area contributed by atoms with E-state index >= 15 is 0 Å². The van der Waals surface area contributed by atoms with Gasteiger partial charge in [-0.3, -0.25) is 9.82 Å². The van der Waals surface area contributed by atoms with Crippen LogP contribution in [0.4, 0.5) is 5.82 Å². The van der Waals surface area contributed by atoms with Crippen LogP contribution >= 0.6 is 0 Å². The summed E-state index contributed by atoms with van der Waals surface area (Å²) in [5, 5.41) is 6.91. The third kappa shape index (κ3) is 3.79. The van der Waals surface area contributed by atoms with E-state index in [1.165, 1.54) is 38.4 Å². The molecule has 10 heteroatoms. The van der Waals surface area contributed by atoms with Crippen molar-refractivity contribution in [3.05, 3.63) is 60.2 Å². The van der Waals surface area contributed by atoms with Crippen molar-refractivity contribution in [2.45, 2.75) is 16.7 Å². The maximum atomic E-state index is 12.7. The fourth-order valence-electron chi connectivity index (χ4n) is 2.57. The zero-order valence-electron chi connectivity index (χ0n) is 15.5. The maximum absolute atomic E-state index is 12.7. The van der Waals surface area contributed by atoms with Crippen molar-refractivity contribution in [1.82, 2.24) is 14.5 Å². The van der Waals surface area contributed by atoms with Gasteiger partial charge in [0.05, 0.1) is 15.5 Å². The van der Waals surface area contributed by atoms with Crippen LogP contribution in [-0.2, 0) is 20.0 Å². The Morgan fingerprint density at radius 2 is 1.46 bits per heavy atom. The first-order valence-electron chi connectivity index (χ1n) is 8.29. The summed E-state index contributed by atoms with van der Waals surface area (Å²) in [6.45, 7) is 1.76. The van der Waals surface area contributed by atoms with Crippen LogP contribution in [0.2, 0.25) is 0 Å². The van der Waals surface area contributed by atoms with Gasteiger partial charge in [0.15, 0.2) is 5.82 Å². The number of rotatable bonds is 6. The Hall–Kier alpha value is -2.69. The van der Waals surface area contributed by atoms with Gasteiger partial charge in [-0.15, -0.1) is 0 Å². The van der Waals surface area contributed by atoms with Crippen molar-refractivity contribution < 1.29 is 16.8 Å². The van der Waals surface area contributed by atoms with E-state index in [1.807, 2.05) is 30.3 Å². The van der Waals surface area contributed by atoms with Gasteiger partial charge in [-0.1, -0.05) is 30.3 Å². The first kappa shape index (κ1) is 20.1. The predicted molar refractivity (Wildman–Crippen MR) is 107 cm³/mol. The Balaban J connectivity index is 1.88.